The molecule has 3 atom stereocenters. The van der Waals surface area contributed by atoms with Crippen LogP contribution in [0, 0.1) is 23.2 Å². The molecular weight excluding hydrogens is 188 g/mol. The lowest BCUT2D eigenvalue weighted by Gasteiger charge is -2.32. The number of hydrogen-bond acceptors (Lipinski definition) is 3. The minimum absolute atomic E-state index is 0.102. The molecule has 0 amide bonds. The summed E-state index contributed by atoms with van der Waals surface area (Å²) >= 11 is 0. The van der Waals surface area contributed by atoms with Gasteiger partial charge in [0.25, 0.3) is 0 Å². The summed E-state index contributed by atoms with van der Waals surface area (Å²) in [6, 6.07) is 2.77. The highest BCUT2D eigenvalue weighted by molar-refractivity contribution is 4.84. The first-order valence-electron chi connectivity index (χ1n) is 5.88. The van der Waals surface area contributed by atoms with Gasteiger partial charge >= 0.3 is 0 Å². The van der Waals surface area contributed by atoms with E-state index >= 15 is 0 Å². The van der Waals surface area contributed by atoms with Crippen molar-refractivity contribution in [3.8, 4) is 6.07 Å². The Morgan fingerprint density at radius 1 is 1.47 bits per heavy atom. The van der Waals surface area contributed by atoms with E-state index in [1.807, 2.05) is 6.92 Å². The fourth-order valence-corrected chi connectivity index (χ4v) is 1.87. The van der Waals surface area contributed by atoms with Gasteiger partial charge < -0.3 is 10.1 Å². The maximum Gasteiger partial charge on any atom is 0.0666 e. The molecule has 0 aromatic carbocycles. The van der Waals surface area contributed by atoms with Crippen LogP contribution in [0.25, 0.3) is 0 Å². The van der Waals surface area contributed by atoms with E-state index in [2.05, 4.69) is 25.2 Å². The van der Waals surface area contributed by atoms with Crippen LogP contribution in [-0.2, 0) is 4.74 Å². The summed E-state index contributed by atoms with van der Waals surface area (Å²) in [5.74, 6) is 0.688. The van der Waals surface area contributed by atoms with Gasteiger partial charge in [0.15, 0.2) is 0 Å². The summed E-state index contributed by atoms with van der Waals surface area (Å²) < 4.78 is 5.70. The molecule has 1 N–H and O–H groups in total. The van der Waals surface area contributed by atoms with Gasteiger partial charge in [-0.3, -0.25) is 0 Å². The third-order valence-corrected chi connectivity index (χ3v) is 2.99. The Kier molecular flexibility index (Phi) is 5.07. The maximum atomic E-state index is 8.69. The third-order valence-electron chi connectivity index (χ3n) is 2.99. The van der Waals surface area contributed by atoms with Gasteiger partial charge in [-0.05, 0) is 25.7 Å². The Morgan fingerprint density at radius 3 is 2.80 bits per heavy atom. The molecule has 3 heteroatoms. The van der Waals surface area contributed by atoms with Crippen molar-refractivity contribution in [2.75, 3.05) is 13.2 Å². The van der Waals surface area contributed by atoms with Crippen LogP contribution in [0.2, 0.25) is 0 Å². The van der Waals surface area contributed by atoms with E-state index in [0.29, 0.717) is 18.1 Å². The first-order valence-corrected chi connectivity index (χ1v) is 5.88. The van der Waals surface area contributed by atoms with Crippen molar-refractivity contribution >= 4 is 0 Å². The minimum Gasteiger partial charge on any atom is -0.378 e. The lowest BCUT2D eigenvalue weighted by Crippen LogP contribution is -2.42. The van der Waals surface area contributed by atoms with Crippen LogP contribution < -0.4 is 5.32 Å². The molecule has 0 aliphatic carbocycles. The molecule has 0 bridgehead atoms. The normalized spacial score (nSPS) is 28.7. The highest BCUT2D eigenvalue weighted by atomic mass is 16.5. The number of ether oxygens (including phenoxy) is 1. The van der Waals surface area contributed by atoms with Crippen molar-refractivity contribution in [2.24, 2.45) is 11.8 Å². The Bertz CT molecular complexity index is 222. The minimum atomic E-state index is 0.102. The molecule has 0 saturated carbocycles. The molecule has 1 aliphatic heterocycles. The SMILES string of the molecule is CC(C#N)CNC1CCOC(C(C)C)C1. The van der Waals surface area contributed by atoms with Gasteiger partial charge in [0, 0.05) is 19.2 Å². The van der Waals surface area contributed by atoms with E-state index in [-0.39, 0.29) is 5.92 Å². The molecule has 0 aromatic rings. The van der Waals surface area contributed by atoms with E-state index in [1.54, 1.807) is 0 Å². The molecule has 1 heterocycles. The zero-order chi connectivity index (χ0) is 11.3. The molecule has 1 fully saturated rings. The molecule has 15 heavy (non-hydrogen) atoms. The molecular formula is C12H22N2O. The number of nitrogens with one attached hydrogen (secondary N) is 1. The smallest absolute Gasteiger partial charge is 0.0666 e. The molecule has 0 aromatic heterocycles. The number of nitrogens with zero attached hydrogens (tertiary/aromatic N) is 1. The second-order valence-corrected chi connectivity index (χ2v) is 4.81. The predicted octanol–water partition coefficient (Wildman–Crippen LogP) is 1.94. The second-order valence-electron chi connectivity index (χ2n) is 4.81. The van der Waals surface area contributed by atoms with Crippen LogP contribution in [0.4, 0.5) is 0 Å². The molecule has 0 spiro atoms. The fourth-order valence-electron chi connectivity index (χ4n) is 1.87. The highest BCUT2D eigenvalue weighted by Gasteiger charge is 2.24. The second kappa shape index (κ2) is 6.09. The molecule has 86 valence electrons. The largest absolute Gasteiger partial charge is 0.378 e. The molecule has 3 nitrogen and oxygen atoms in total. The van der Waals surface area contributed by atoms with E-state index in [0.717, 1.165) is 26.0 Å². The zero-order valence-electron chi connectivity index (χ0n) is 9.99. The van der Waals surface area contributed by atoms with Crippen LogP contribution in [-0.4, -0.2) is 25.3 Å². The van der Waals surface area contributed by atoms with Gasteiger partial charge in [0.1, 0.15) is 0 Å². The summed E-state index contributed by atoms with van der Waals surface area (Å²) in [6.45, 7) is 8.00. The first-order chi connectivity index (χ1) is 7.13. The van der Waals surface area contributed by atoms with E-state index < -0.39 is 0 Å². The standard InChI is InChI=1S/C12H22N2O/c1-9(2)12-6-11(4-5-15-12)14-8-10(3)7-13/h9-12,14H,4-6,8H2,1-3H3. The van der Waals surface area contributed by atoms with Gasteiger partial charge in [-0.25, -0.2) is 0 Å². The summed E-state index contributed by atoms with van der Waals surface area (Å²) in [5, 5.41) is 12.1. The van der Waals surface area contributed by atoms with Crippen molar-refractivity contribution in [3.63, 3.8) is 0 Å². The van der Waals surface area contributed by atoms with Gasteiger partial charge in [0.2, 0.25) is 0 Å². The summed E-state index contributed by atoms with van der Waals surface area (Å²) in [5.41, 5.74) is 0. The van der Waals surface area contributed by atoms with E-state index in [1.165, 1.54) is 0 Å². The number of rotatable bonds is 4. The van der Waals surface area contributed by atoms with Crippen molar-refractivity contribution in [3.05, 3.63) is 0 Å². The van der Waals surface area contributed by atoms with Crippen LogP contribution >= 0.6 is 0 Å². The van der Waals surface area contributed by atoms with Crippen LogP contribution in [0.1, 0.15) is 33.6 Å². The first kappa shape index (κ1) is 12.5. The Labute approximate surface area is 92.8 Å². The summed E-state index contributed by atoms with van der Waals surface area (Å²) in [4.78, 5) is 0. The Hall–Kier alpha value is -0.590. The Morgan fingerprint density at radius 2 is 2.20 bits per heavy atom. The average molecular weight is 210 g/mol. The van der Waals surface area contributed by atoms with Gasteiger partial charge in [-0.2, -0.15) is 5.26 Å². The zero-order valence-corrected chi connectivity index (χ0v) is 9.99. The van der Waals surface area contributed by atoms with Crippen molar-refractivity contribution in [1.29, 1.82) is 5.26 Å². The van der Waals surface area contributed by atoms with Gasteiger partial charge in [-0.1, -0.05) is 13.8 Å². The van der Waals surface area contributed by atoms with Crippen molar-refractivity contribution in [1.82, 2.24) is 5.32 Å². The highest BCUT2D eigenvalue weighted by Crippen LogP contribution is 2.20. The van der Waals surface area contributed by atoms with E-state index in [9.17, 15) is 0 Å². The van der Waals surface area contributed by atoms with Crippen molar-refractivity contribution < 1.29 is 4.74 Å². The van der Waals surface area contributed by atoms with Gasteiger partial charge in [-0.15, -0.1) is 0 Å². The topological polar surface area (TPSA) is 45.0 Å². The number of nitriles is 1. The summed E-state index contributed by atoms with van der Waals surface area (Å²) in [6.07, 6.45) is 2.53. The van der Waals surface area contributed by atoms with E-state index in [4.69, 9.17) is 10.00 Å². The van der Waals surface area contributed by atoms with Crippen molar-refractivity contribution in [2.45, 2.75) is 45.8 Å². The third kappa shape index (κ3) is 4.19. The molecule has 1 saturated heterocycles. The lowest BCUT2D eigenvalue weighted by molar-refractivity contribution is -0.0244. The van der Waals surface area contributed by atoms with Crippen LogP contribution in [0.3, 0.4) is 0 Å². The monoisotopic (exact) mass is 210 g/mol. The lowest BCUT2D eigenvalue weighted by atomic mass is 9.95. The quantitative estimate of drug-likeness (QED) is 0.771. The van der Waals surface area contributed by atoms with Crippen LogP contribution in [0.5, 0.6) is 0 Å². The maximum absolute atomic E-state index is 8.69. The van der Waals surface area contributed by atoms with Crippen LogP contribution in [0.15, 0.2) is 0 Å². The number of hydrogen-bond donors (Lipinski definition) is 1. The molecule has 1 rings (SSSR count). The fraction of sp³-hybridized carbons (Fsp3) is 0.917. The predicted molar refractivity (Wildman–Crippen MR) is 60.4 cm³/mol. The average Bonchev–Trinajstić information content (AvgIpc) is 2.26. The molecule has 1 aliphatic rings. The summed E-state index contributed by atoms with van der Waals surface area (Å²) in [7, 11) is 0. The van der Waals surface area contributed by atoms with Gasteiger partial charge in [0.05, 0.1) is 18.1 Å². The molecule has 3 unspecified atom stereocenters. The Balaban J connectivity index is 2.28. The molecule has 0 radical (unpaired) electrons.